The minimum absolute atomic E-state index is 0.0486. The molecule has 81 heavy (non-hydrogen) atoms. The van der Waals surface area contributed by atoms with Crippen molar-refractivity contribution in [2.75, 3.05) is 59.5 Å². The van der Waals surface area contributed by atoms with Gasteiger partial charge in [0.25, 0.3) is 10.1 Å². The molecule has 5 heterocycles. The number of aliphatic imine (C=N–C) groups is 1. The van der Waals surface area contributed by atoms with Crippen LogP contribution in [0.25, 0.3) is 0 Å². The van der Waals surface area contributed by atoms with Crippen molar-refractivity contribution in [3.8, 4) is 5.75 Å². The zero-order valence-corrected chi connectivity index (χ0v) is 50.4. The summed E-state index contributed by atoms with van der Waals surface area (Å²) in [5.74, 6) is -2.16. The number of nitrogens with zero attached hydrogens (tertiary/aromatic N) is 4. The Bertz CT molecular complexity index is 3340. The summed E-state index contributed by atoms with van der Waals surface area (Å²) in [7, 11) is -0.716. The number of anilines is 1. The van der Waals surface area contributed by atoms with Crippen LogP contribution in [0.4, 0.5) is 11.4 Å². The minimum atomic E-state index is -4.27. The van der Waals surface area contributed by atoms with Gasteiger partial charge in [-0.1, -0.05) is 92.2 Å². The number of methoxy groups -OCH3 is 3. The summed E-state index contributed by atoms with van der Waals surface area (Å²) in [4.78, 5) is 56.9. The Morgan fingerprint density at radius 1 is 0.864 bits per heavy atom. The van der Waals surface area contributed by atoms with Crippen molar-refractivity contribution in [1.82, 2.24) is 9.80 Å². The van der Waals surface area contributed by atoms with E-state index in [0.717, 1.165) is 27.9 Å². The van der Waals surface area contributed by atoms with E-state index in [1.54, 1.807) is 31.4 Å². The number of hydrogen-bond donors (Lipinski definition) is 1. The van der Waals surface area contributed by atoms with E-state index < -0.39 is 93.3 Å². The van der Waals surface area contributed by atoms with Crippen molar-refractivity contribution in [2.45, 2.75) is 149 Å². The Kier molecular flexibility index (Phi) is 14.3. The van der Waals surface area contributed by atoms with Gasteiger partial charge in [-0.3, -0.25) is 28.6 Å². The second-order valence-corrected chi connectivity index (χ2v) is 30.9. The molecule has 4 fully saturated rings. The molecule has 7 aliphatic rings. The van der Waals surface area contributed by atoms with E-state index in [0.29, 0.717) is 74.6 Å². The number of ether oxygens (including phenoxy) is 4. The second kappa shape index (κ2) is 20.3. The van der Waals surface area contributed by atoms with Crippen molar-refractivity contribution in [2.24, 2.45) is 16.3 Å². The normalized spacial score (nSPS) is 31.6. The molecular formula is C63H78N4O12SSi. The molecule has 16 nitrogen and oxygen atoms in total. The third-order valence-corrected chi connectivity index (χ3v) is 22.0. The van der Waals surface area contributed by atoms with E-state index in [4.69, 9.17) is 32.5 Å². The number of carbonyl (C=O) groups is 3. The molecule has 4 aromatic rings. The standard InChI is InChI=1S/C63H78N4O12SSi/c1-12-58(79-81(9,10)11,39-77-80(72,73)44-26-24-40(3)25-27-44)36-43-37-62(56(69)75-7,52-60(45-22-17-18-23-48(45)64-52)29-33-67(51(43)60)38-42-20-15-14-16-21-42)47-34-46-49(35-50(47)74-6)65(5)54-61(46)30-32-66-31-19-28-59(13-2,53(61)66)55(78-41(4)68)63(54,71)57(70)76-8/h14-28,34-35,43,51,53-55,71H,12-13,29-33,36-39H2,1-11H3/t43-,51+,53-,54+,55+,58-,59+,60-,61+,62-,63-/m0/s1. The maximum Gasteiger partial charge on any atom is 0.344 e. The average molecular weight is 1140 g/mol. The quantitative estimate of drug-likeness (QED) is 0.0349. The molecule has 2 saturated carbocycles. The number of likely N-dealkylation sites (N-methyl/N-ethyl adjacent to an activating group) is 1. The van der Waals surface area contributed by atoms with Gasteiger partial charge in [0.15, 0.2) is 14.4 Å². The first kappa shape index (κ1) is 57.1. The number of hydrogen-bond acceptors (Lipinski definition) is 16. The molecule has 0 bridgehead atoms. The van der Waals surface area contributed by atoms with Gasteiger partial charge in [0, 0.05) is 73.8 Å². The lowest BCUT2D eigenvalue weighted by Crippen LogP contribution is -2.81. The Labute approximate surface area is 478 Å². The lowest BCUT2D eigenvalue weighted by atomic mass is 9.47. The molecule has 4 aromatic carbocycles. The number of rotatable bonds is 17. The maximum atomic E-state index is 16.3. The van der Waals surface area contributed by atoms with E-state index in [-0.39, 0.29) is 30.4 Å². The van der Waals surface area contributed by atoms with Crippen LogP contribution in [-0.2, 0) is 70.1 Å². The second-order valence-electron chi connectivity index (χ2n) is 24.9. The summed E-state index contributed by atoms with van der Waals surface area (Å²) in [5, 5.41) is 13.7. The lowest BCUT2D eigenvalue weighted by Gasteiger charge is -2.63. The Morgan fingerprint density at radius 3 is 2.22 bits per heavy atom. The fourth-order valence-electron chi connectivity index (χ4n) is 17.0. The van der Waals surface area contributed by atoms with Gasteiger partial charge in [-0.05, 0) is 119 Å². The molecule has 432 valence electrons. The molecule has 0 radical (unpaired) electrons. The van der Waals surface area contributed by atoms with Crippen molar-refractivity contribution in [3.63, 3.8) is 0 Å². The number of aliphatic hydroxyl groups is 1. The first-order valence-electron chi connectivity index (χ1n) is 28.6. The molecule has 2 spiro atoms. The molecule has 11 rings (SSSR count). The Morgan fingerprint density at radius 2 is 1.57 bits per heavy atom. The smallest absolute Gasteiger partial charge is 0.344 e. The van der Waals surface area contributed by atoms with E-state index in [1.165, 1.54) is 21.1 Å². The van der Waals surface area contributed by atoms with Gasteiger partial charge in [-0.2, -0.15) is 8.42 Å². The Balaban J connectivity index is 1.17. The highest BCUT2D eigenvalue weighted by molar-refractivity contribution is 7.86. The van der Waals surface area contributed by atoms with Crippen LogP contribution in [-0.4, -0.2) is 145 Å². The number of fused-ring (bicyclic) bond motifs is 2. The number of carbonyl (C=O) groups excluding carboxylic acids is 3. The van der Waals surface area contributed by atoms with Crippen LogP contribution >= 0.6 is 0 Å². The first-order chi connectivity index (χ1) is 38.5. The van der Waals surface area contributed by atoms with Crippen LogP contribution in [0.1, 0.15) is 87.1 Å². The fraction of sp³-hybridized carbons (Fsp3) is 0.524. The highest BCUT2D eigenvalue weighted by Gasteiger charge is 2.81. The number of aryl methyl sites for hydroxylation is 1. The monoisotopic (exact) mass is 1140 g/mol. The van der Waals surface area contributed by atoms with Gasteiger partial charge in [0.1, 0.15) is 11.2 Å². The molecule has 18 heteroatoms. The molecular weight excluding hydrogens is 1060 g/mol. The number of benzene rings is 4. The highest BCUT2D eigenvalue weighted by Crippen LogP contribution is 2.69. The van der Waals surface area contributed by atoms with E-state index in [9.17, 15) is 23.1 Å². The average Bonchev–Trinajstić information content (AvgIpc) is 1.62. The van der Waals surface area contributed by atoms with Gasteiger partial charge < -0.3 is 33.4 Å². The number of likely N-dealkylation sites (tertiary alicyclic amines) is 1. The first-order valence-corrected chi connectivity index (χ1v) is 33.4. The summed E-state index contributed by atoms with van der Waals surface area (Å²) in [6.45, 7) is 15.7. The molecule has 1 N–H and O–H groups in total. The number of para-hydroxylation sites is 1. The van der Waals surface area contributed by atoms with Crippen LogP contribution in [0.15, 0.2) is 113 Å². The number of esters is 3. The van der Waals surface area contributed by atoms with Crippen LogP contribution in [0, 0.1) is 18.3 Å². The summed E-state index contributed by atoms with van der Waals surface area (Å²) >= 11 is 0. The highest BCUT2D eigenvalue weighted by atomic mass is 32.2. The lowest BCUT2D eigenvalue weighted by molar-refractivity contribution is -0.228. The van der Waals surface area contributed by atoms with Crippen molar-refractivity contribution in [1.29, 1.82) is 0 Å². The SMILES string of the molecule is CC[C@@](COS(=O)(=O)c1ccc(C)cc1)(C[C@H]1C[C@](C(=O)OC)(c2cc3c(cc2OC)N(C)[C@H]2[C@@](O)(C(=O)OC)[C@H](OC(C)=O)[C@]4(CC)C=CCN5CC[C@]32[C@@H]54)C2=Nc3ccccc3[C@]23CCN(Cc2ccccc2)[C@H]13)O[Si](C)(C)C. The third-order valence-electron chi connectivity index (χ3n) is 19.7. The summed E-state index contributed by atoms with van der Waals surface area (Å²) < 4.78 is 66.8. The van der Waals surface area contributed by atoms with Gasteiger partial charge in [-0.15, -0.1) is 0 Å². The maximum absolute atomic E-state index is 16.3. The Hall–Kier alpha value is -5.73. The van der Waals surface area contributed by atoms with Gasteiger partial charge in [0.05, 0.1) is 61.3 Å². The summed E-state index contributed by atoms with van der Waals surface area (Å²) in [6, 6.07) is 27.5. The largest absolute Gasteiger partial charge is 0.496 e. The van der Waals surface area contributed by atoms with Gasteiger partial charge in [-0.25, -0.2) is 4.79 Å². The van der Waals surface area contributed by atoms with Crippen LogP contribution in [0.3, 0.4) is 0 Å². The van der Waals surface area contributed by atoms with Gasteiger partial charge >= 0.3 is 17.9 Å². The molecule has 11 atom stereocenters. The van der Waals surface area contributed by atoms with Crippen molar-refractivity contribution < 1.29 is 55.5 Å². The molecule has 5 aliphatic heterocycles. The van der Waals surface area contributed by atoms with E-state index in [1.807, 2.05) is 87.3 Å². The van der Waals surface area contributed by atoms with Crippen LogP contribution in [0.2, 0.25) is 19.6 Å². The summed E-state index contributed by atoms with van der Waals surface area (Å²) in [6.07, 6.45) is 5.06. The zero-order valence-electron chi connectivity index (χ0n) is 48.6. The van der Waals surface area contributed by atoms with E-state index in [2.05, 4.69) is 53.7 Å². The van der Waals surface area contributed by atoms with Crippen LogP contribution in [0.5, 0.6) is 5.75 Å². The van der Waals surface area contributed by atoms with Crippen molar-refractivity contribution in [3.05, 3.63) is 131 Å². The minimum Gasteiger partial charge on any atom is -0.496 e. The van der Waals surface area contributed by atoms with Crippen molar-refractivity contribution >= 4 is 53.4 Å². The van der Waals surface area contributed by atoms with Crippen LogP contribution < -0.4 is 9.64 Å². The molecule has 2 saturated heterocycles. The topological polar surface area (TPSA) is 183 Å². The fourth-order valence-corrected chi connectivity index (χ4v) is 19.6. The van der Waals surface area contributed by atoms with Gasteiger partial charge in [0.2, 0.25) is 5.60 Å². The molecule has 0 unspecified atom stereocenters. The predicted molar refractivity (Wildman–Crippen MR) is 310 cm³/mol. The van der Waals surface area contributed by atoms with E-state index >= 15 is 4.79 Å². The molecule has 2 aliphatic carbocycles. The molecule has 0 aromatic heterocycles. The predicted octanol–water partition coefficient (Wildman–Crippen LogP) is 8.47. The third kappa shape index (κ3) is 8.37. The summed E-state index contributed by atoms with van der Waals surface area (Å²) in [5.41, 5.74) is -1.81. The zero-order chi connectivity index (χ0) is 57.9. The molecule has 0 amide bonds.